The van der Waals surface area contributed by atoms with Gasteiger partial charge in [0.15, 0.2) is 0 Å². The number of amides is 3. The molecule has 0 unspecified atom stereocenters. The second-order valence-corrected chi connectivity index (χ2v) is 9.21. The number of nitrogens with one attached hydrogen (secondary N) is 1. The van der Waals surface area contributed by atoms with Gasteiger partial charge in [-0.1, -0.05) is 18.2 Å². The lowest BCUT2D eigenvalue weighted by molar-refractivity contribution is -0.146. The Hall–Kier alpha value is -2.91. The average molecular weight is 471 g/mol. The first kappa shape index (κ1) is 24.2. The molecule has 1 aromatic heterocycles. The Morgan fingerprint density at radius 1 is 1.18 bits per heavy atom. The topological polar surface area (TPSA) is 95.2 Å². The van der Waals surface area contributed by atoms with E-state index in [0.29, 0.717) is 45.1 Å². The molecule has 9 heteroatoms. The third-order valence-electron chi connectivity index (χ3n) is 7.41. The van der Waals surface area contributed by atoms with Crippen LogP contribution in [0.25, 0.3) is 10.9 Å². The largest absolute Gasteiger partial charge is 0.468 e. The number of piperidine rings is 1. The zero-order valence-electron chi connectivity index (χ0n) is 20.2. The van der Waals surface area contributed by atoms with Gasteiger partial charge in [-0.05, 0) is 44.2 Å². The van der Waals surface area contributed by atoms with Crippen LogP contribution in [0.15, 0.2) is 30.5 Å². The Balaban J connectivity index is 1.41. The van der Waals surface area contributed by atoms with Crippen LogP contribution in [0, 0.1) is 0 Å². The molecule has 0 bridgehead atoms. The van der Waals surface area contributed by atoms with E-state index in [4.69, 9.17) is 9.47 Å². The predicted octanol–water partition coefficient (Wildman–Crippen LogP) is 2.41. The van der Waals surface area contributed by atoms with E-state index in [1.54, 1.807) is 12.0 Å². The minimum Gasteiger partial charge on any atom is -0.468 e. The van der Waals surface area contributed by atoms with Gasteiger partial charge in [-0.25, -0.2) is 4.79 Å². The fraction of sp³-hybridized carbons (Fsp3) is 0.560. The molecule has 1 spiro atoms. The molecule has 184 valence electrons. The van der Waals surface area contributed by atoms with E-state index in [2.05, 4.69) is 41.2 Å². The maximum atomic E-state index is 13.4. The standard InChI is InChI=1S/C25H34N4O5/c1-18(8-9-19-16-26-21-7-5-4-6-20(19)21)27-12-10-25(11-13-27)23(31)28(17-22(30)34-3)24(32)29(25)14-15-33-2/h4-7,16,18,26H,8-15,17H2,1-3H3/t18-/m0/s1. The first-order chi connectivity index (χ1) is 16.4. The van der Waals surface area contributed by atoms with Crippen molar-refractivity contribution >= 4 is 28.8 Å². The predicted molar refractivity (Wildman–Crippen MR) is 127 cm³/mol. The fourth-order valence-electron chi connectivity index (χ4n) is 5.31. The third kappa shape index (κ3) is 4.42. The van der Waals surface area contributed by atoms with Crippen LogP contribution in [-0.4, -0.2) is 96.2 Å². The number of rotatable bonds is 9. The van der Waals surface area contributed by atoms with E-state index in [-0.39, 0.29) is 12.5 Å². The van der Waals surface area contributed by atoms with Gasteiger partial charge in [-0.3, -0.25) is 14.5 Å². The number of methoxy groups -OCH3 is 2. The molecule has 0 radical (unpaired) electrons. The van der Waals surface area contributed by atoms with E-state index >= 15 is 0 Å². The number of benzene rings is 1. The lowest BCUT2D eigenvalue weighted by atomic mass is 9.85. The summed E-state index contributed by atoms with van der Waals surface area (Å²) >= 11 is 0. The quantitative estimate of drug-likeness (QED) is 0.447. The summed E-state index contributed by atoms with van der Waals surface area (Å²) in [6.07, 6.45) is 5.14. The molecule has 2 aliphatic rings. The monoisotopic (exact) mass is 470 g/mol. The van der Waals surface area contributed by atoms with Crippen molar-refractivity contribution in [3.8, 4) is 0 Å². The van der Waals surface area contributed by atoms with Gasteiger partial charge in [0.25, 0.3) is 5.91 Å². The van der Waals surface area contributed by atoms with Crippen LogP contribution in [0.1, 0.15) is 31.7 Å². The third-order valence-corrected chi connectivity index (χ3v) is 7.41. The maximum Gasteiger partial charge on any atom is 0.328 e. The highest BCUT2D eigenvalue weighted by Gasteiger charge is 2.58. The number of nitrogens with zero attached hydrogens (tertiary/aromatic N) is 3. The smallest absolute Gasteiger partial charge is 0.328 e. The molecule has 1 N–H and O–H groups in total. The summed E-state index contributed by atoms with van der Waals surface area (Å²) in [6.45, 7) is 3.94. The number of aromatic amines is 1. The van der Waals surface area contributed by atoms with Crippen LogP contribution in [0.2, 0.25) is 0 Å². The number of fused-ring (bicyclic) bond motifs is 1. The minimum absolute atomic E-state index is 0.301. The van der Waals surface area contributed by atoms with Crippen molar-refractivity contribution < 1.29 is 23.9 Å². The van der Waals surface area contributed by atoms with Gasteiger partial charge in [-0.15, -0.1) is 0 Å². The Bertz CT molecular complexity index is 1040. The van der Waals surface area contributed by atoms with Gasteiger partial charge in [-0.2, -0.15) is 0 Å². The number of hydrogen-bond acceptors (Lipinski definition) is 6. The molecule has 34 heavy (non-hydrogen) atoms. The lowest BCUT2D eigenvalue weighted by Gasteiger charge is -2.44. The van der Waals surface area contributed by atoms with Crippen molar-refractivity contribution in [1.82, 2.24) is 19.7 Å². The number of para-hydroxylation sites is 1. The molecule has 2 aromatic rings. The number of esters is 1. The average Bonchev–Trinajstić information content (AvgIpc) is 3.35. The zero-order chi connectivity index (χ0) is 24.3. The van der Waals surface area contributed by atoms with Gasteiger partial charge in [0, 0.05) is 49.9 Å². The summed E-state index contributed by atoms with van der Waals surface area (Å²) in [5.74, 6) is -0.904. The maximum absolute atomic E-state index is 13.4. The number of urea groups is 1. The van der Waals surface area contributed by atoms with Crippen molar-refractivity contribution in [2.75, 3.05) is 47.0 Å². The Morgan fingerprint density at radius 3 is 2.62 bits per heavy atom. The number of carbonyl (C=O) groups excluding carboxylic acids is 3. The molecule has 1 aromatic carbocycles. The van der Waals surface area contributed by atoms with Crippen LogP contribution in [0.3, 0.4) is 0 Å². The Morgan fingerprint density at radius 2 is 1.91 bits per heavy atom. The molecule has 3 heterocycles. The molecule has 9 nitrogen and oxygen atoms in total. The Kier molecular flexibility index (Phi) is 7.23. The number of hydrogen-bond donors (Lipinski definition) is 1. The lowest BCUT2D eigenvalue weighted by Crippen LogP contribution is -2.58. The highest BCUT2D eigenvalue weighted by Crippen LogP contribution is 2.38. The summed E-state index contributed by atoms with van der Waals surface area (Å²) in [5, 5.41) is 1.27. The molecule has 4 rings (SSSR count). The Labute approximate surface area is 200 Å². The highest BCUT2D eigenvalue weighted by molar-refractivity contribution is 6.08. The molecule has 2 fully saturated rings. The van der Waals surface area contributed by atoms with E-state index in [1.807, 2.05) is 6.07 Å². The van der Waals surface area contributed by atoms with Gasteiger partial charge in [0.05, 0.1) is 13.7 Å². The number of likely N-dealkylation sites (tertiary alicyclic amines) is 1. The van der Waals surface area contributed by atoms with Crippen LogP contribution in [0.5, 0.6) is 0 Å². The highest BCUT2D eigenvalue weighted by atomic mass is 16.5. The van der Waals surface area contributed by atoms with Crippen LogP contribution < -0.4 is 0 Å². The summed E-state index contributed by atoms with van der Waals surface area (Å²) in [7, 11) is 2.82. The van der Waals surface area contributed by atoms with Crippen LogP contribution in [-0.2, 0) is 25.5 Å². The molecule has 2 saturated heterocycles. The zero-order valence-corrected chi connectivity index (χ0v) is 20.2. The number of ether oxygens (including phenoxy) is 2. The van der Waals surface area contributed by atoms with Crippen LogP contribution >= 0.6 is 0 Å². The molecule has 3 amide bonds. The van der Waals surface area contributed by atoms with Crippen molar-refractivity contribution in [2.24, 2.45) is 0 Å². The summed E-state index contributed by atoms with van der Waals surface area (Å²) in [6, 6.07) is 8.24. The second-order valence-electron chi connectivity index (χ2n) is 9.21. The van der Waals surface area contributed by atoms with Crippen molar-refractivity contribution in [3.05, 3.63) is 36.0 Å². The molecule has 1 atom stereocenters. The molecular formula is C25H34N4O5. The SMILES string of the molecule is COCCN1C(=O)N(CC(=O)OC)C(=O)C12CCN([C@@H](C)CCc1c[nH]c3ccccc13)CC2. The summed E-state index contributed by atoms with van der Waals surface area (Å²) in [4.78, 5) is 46.7. The van der Waals surface area contributed by atoms with E-state index in [1.165, 1.54) is 18.1 Å². The first-order valence-electron chi connectivity index (χ1n) is 11.9. The van der Waals surface area contributed by atoms with E-state index in [9.17, 15) is 14.4 Å². The minimum atomic E-state index is -0.920. The normalized spacial score (nSPS) is 19.4. The van der Waals surface area contributed by atoms with Gasteiger partial charge in [0.1, 0.15) is 12.1 Å². The second kappa shape index (κ2) is 10.1. The number of H-pyrrole nitrogens is 1. The molecule has 0 aliphatic carbocycles. The molecule has 2 aliphatic heterocycles. The van der Waals surface area contributed by atoms with Crippen molar-refractivity contribution in [3.63, 3.8) is 0 Å². The van der Waals surface area contributed by atoms with E-state index in [0.717, 1.165) is 23.3 Å². The first-order valence-corrected chi connectivity index (χ1v) is 11.9. The van der Waals surface area contributed by atoms with Gasteiger partial charge >= 0.3 is 12.0 Å². The van der Waals surface area contributed by atoms with Crippen molar-refractivity contribution in [2.45, 2.75) is 44.2 Å². The number of aryl methyl sites for hydroxylation is 1. The van der Waals surface area contributed by atoms with Crippen molar-refractivity contribution in [1.29, 1.82) is 0 Å². The number of imide groups is 1. The molecular weight excluding hydrogens is 436 g/mol. The van der Waals surface area contributed by atoms with Crippen LogP contribution in [0.4, 0.5) is 4.79 Å². The van der Waals surface area contributed by atoms with Gasteiger partial charge < -0.3 is 24.3 Å². The number of carbonyl (C=O) groups is 3. The summed E-state index contributed by atoms with van der Waals surface area (Å²) in [5.41, 5.74) is 1.55. The molecule has 0 saturated carbocycles. The van der Waals surface area contributed by atoms with Gasteiger partial charge in [0.2, 0.25) is 0 Å². The van der Waals surface area contributed by atoms with E-state index < -0.39 is 17.5 Å². The fourth-order valence-corrected chi connectivity index (χ4v) is 5.31. The summed E-state index contributed by atoms with van der Waals surface area (Å²) < 4.78 is 9.88. The number of aromatic nitrogens is 1.